The van der Waals surface area contributed by atoms with Gasteiger partial charge < -0.3 is 11.1 Å². The fourth-order valence-electron chi connectivity index (χ4n) is 2.31. The van der Waals surface area contributed by atoms with Gasteiger partial charge in [-0.1, -0.05) is 20.3 Å². The predicted octanol–water partition coefficient (Wildman–Crippen LogP) is 2.03. The lowest BCUT2D eigenvalue weighted by Gasteiger charge is -2.31. The number of aromatic amines is 1. The van der Waals surface area contributed by atoms with Crippen LogP contribution >= 0.6 is 0 Å². The van der Waals surface area contributed by atoms with Gasteiger partial charge in [0.1, 0.15) is 0 Å². The minimum absolute atomic E-state index is 0.171. The second kappa shape index (κ2) is 5.00. The van der Waals surface area contributed by atoms with Gasteiger partial charge in [0.05, 0.1) is 11.4 Å². The SMILES string of the molecule is CC(C)c1[nH]nc(C(=O)NC(C)C2CCC2)c1N. The first-order valence-corrected chi connectivity index (χ1v) is 6.65. The summed E-state index contributed by atoms with van der Waals surface area (Å²) >= 11 is 0. The smallest absolute Gasteiger partial charge is 0.274 e. The molecule has 18 heavy (non-hydrogen) atoms. The molecule has 1 aliphatic rings. The van der Waals surface area contributed by atoms with Crippen LogP contribution in [0.5, 0.6) is 0 Å². The van der Waals surface area contributed by atoms with Gasteiger partial charge in [0, 0.05) is 6.04 Å². The number of H-pyrrole nitrogens is 1. The summed E-state index contributed by atoms with van der Waals surface area (Å²) in [4.78, 5) is 12.1. The van der Waals surface area contributed by atoms with Gasteiger partial charge in [-0.15, -0.1) is 0 Å². The van der Waals surface area contributed by atoms with Crippen LogP contribution in [0.15, 0.2) is 0 Å². The number of nitrogen functional groups attached to an aromatic ring is 1. The van der Waals surface area contributed by atoms with Gasteiger partial charge >= 0.3 is 0 Å². The Morgan fingerprint density at radius 1 is 1.44 bits per heavy atom. The van der Waals surface area contributed by atoms with E-state index < -0.39 is 0 Å². The van der Waals surface area contributed by atoms with Crippen molar-refractivity contribution in [1.29, 1.82) is 0 Å². The van der Waals surface area contributed by atoms with E-state index in [0.717, 1.165) is 5.69 Å². The third-order valence-corrected chi connectivity index (χ3v) is 3.84. The van der Waals surface area contributed by atoms with Crippen LogP contribution < -0.4 is 11.1 Å². The molecule has 1 saturated carbocycles. The highest BCUT2D eigenvalue weighted by Crippen LogP contribution is 2.29. The monoisotopic (exact) mass is 250 g/mol. The summed E-state index contributed by atoms with van der Waals surface area (Å²) in [6.45, 7) is 6.08. The molecule has 0 saturated heterocycles. The van der Waals surface area contributed by atoms with Crippen molar-refractivity contribution < 1.29 is 4.79 Å². The van der Waals surface area contributed by atoms with Crippen molar-refractivity contribution in [2.75, 3.05) is 5.73 Å². The van der Waals surface area contributed by atoms with Crippen molar-refractivity contribution in [2.45, 2.75) is 52.0 Å². The summed E-state index contributed by atoms with van der Waals surface area (Å²) < 4.78 is 0. The molecule has 0 spiro atoms. The highest BCUT2D eigenvalue weighted by atomic mass is 16.2. The number of carbonyl (C=O) groups excluding carboxylic acids is 1. The lowest BCUT2D eigenvalue weighted by Crippen LogP contribution is -2.41. The molecule has 1 amide bonds. The van der Waals surface area contributed by atoms with E-state index in [1.54, 1.807) is 0 Å². The van der Waals surface area contributed by atoms with E-state index in [1.165, 1.54) is 19.3 Å². The quantitative estimate of drug-likeness (QED) is 0.764. The number of rotatable bonds is 4. The molecule has 0 radical (unpaired) electrons. The van der Waals surface area contributed by atoms with Crippen LogP contribution in [-0.2, 0) is 0 Å². The summed E-state index contributed by atoms with van der Waals surface area (Å²) in [5.41, 5.74) is 7.58. The molecule has 1 aromatic rings. The van der Waals surface area contributed by atoms with Crippen LogP contribution in [0.2, 0.25) is 0 Å². The molecule has 0 bridgehead atoms. The zero-order valence-corrected chi connectivity index (χ0v) is 11.3. The van der Waals surface area contributed by atoms with Crippen LogP contribution in [0.1, 0.15) is 62.1 Å². The molecule has 2 rings (SSSR count). The molecule has 100 valence electrons. The standard InChI is InChI=1S/C13H22N4O/c1-7(2)11-10(14)12(17-16-11)13(18)15-8(3)9-5-4-6-9/h7-9H,4-6,14H2,1-3H3,(H,15,18)(H,16,17). The zero-order chi connectivity index (χ0) is 13.3. The lowest BCUT2D eigenvalue weighted by atomic mass is 9.80. The number of amides is 1. The van der Waals surface area contributed by atoms with Gasteiger partial charge in [0.25, 0.3) is 5.91 Å². The fraction of sp³-hybridized carbons (Fsp3) is 0.692. The Kier molecular flexibility index (Phi) is 3.59. The number of hydrogen-bond acceptors (Lipinski definition) is 3. The second-order valence-corrected chi connectivity index (χ2v) is 5.51. The van der Waals surface area contributed by atoms with Gasteiger partial charge in [0.15, 0.2) is 5.69 Å². The first kappa shape index (κ1) is 12.9. The summed E-state index contributed by atoms with van der Waals surface area (Å²) in [6, 6.07) is 0.199. The Bertz CT molecular complexity index is 434. The first-order chi connectivity index (χ1) is 8.50. The Morgan fingerprint density at radius 2 is 2.11 bits per heavy atom. The van der Waals surface area contributed by atoms with E-state index in [9.17, 15) is 4.79 Å². The maximum atomic E-state index is 12.1. The maximum Gasteiger partial charge on any atom is 0.274 e. The topological polar surface area (TPSA) is 83.8 Å². The molecule has 1 heterocycles. The third-order valence-electron chi connectivity index (χ3n) is 3.84. The third kappa shape index (κ3) is 2.35. The number of nitrogens with zero attached hydrogens (tertiary/aromatic N) is 1. The molecule has 1 atom stereocenters. The van der Waals surface area contributed by atoms with Crippen molar-refractivity contribution >= 4 is 11.6 Å². The van der Waals surface area contributed by atoms with Gasteiger partial charge in [-0.25, -0.2) is 0 Å². The molecule has 1 fully saturated rings. The highest BCUT2D eigenvalue weighted by molar-refractivity contribution is 5.97. The van der Waals surface area contributed by atoms with Gasteiger partial charge in [-0.05, 0) is 31.6 Å². The Balaban J connectivity index is 2.04. The molecule has 5 heteroatoms. The molecular weight excluding hydrogens is 228 g/mol. The Morgan fingerprint density at radius 3 is 2.56 bits per heavy atom. The molecule has 1 aliphatic carbocycles. The van der Waals surface area contributed by atoms with Gasteiger partial charge in [0.2, 0.25) is 0 Å². The average Bonchev–Trinajstić information content (AvgIpc) is 2.56. The number of nitrogens with two attached hydrogens (primary N) is 1. The van der Waals surface area contributed by atoms with E-state index >= 15 is 0 Å². The molecule has 1 unspecified atom stereocenters. The number of hydrogen-bond donors (Lipinski definition) is 3. The zero-order valence-electron chi connectivity index (χ0n) is 11.3. The van der Waals surface area contributed by atoms with Crippen LogP contribution in [0, 0.1) is 5.92 Å². The Labute approximate surface area is 108 Å². The predicted molar refractivity (Wildman–Crippen MR) is 71.4 cm³/mol. The maximum absolute atomic E-state index is 12.1. The first-order valence-electron chi connectivity index (χ1n) is 6.65. The summed E-state index contributed by atoms with van der Waals surface area (Å²) in [5.74, 6) is 0.678. The minimum Gasteiger partial charge on any atom is -0.395 e. The van der Waals surface area contributed by atoms with Gasteiger partial charge in [-0.2, -0.15) is 5.10 Å². The molecule has 5 nitrogen and oxygen atoms in total. The fourth-order valence-corrected chi connectivity index (χ4v) is 2.31. The van der Waals surface area contributed by atoms with E-state index in [-0.39, 0.29) is 17.9 Å². The molecule has 4 N–H and O–H groups in total. The summed E-state index contributed by atoms with van der Waals surface area (Å²) in [6.07, 6.45) is 3.68. The van der Waals surface area contributed by atoms with E-state index in [4.69, 9.17) is 5.73 Å². The van der Waals surface area contributed by atoms with Crippen molar-refractivity contribution in [1.82, 2.24) is 15.5 Å². The minimum atomic E-state index is -0.171. The van der Waals surface area contributed by atoms with Crippen molar-refractivity contribution in [3.05, 3.63) is 11.4 Å². The van der Waals surface area contributed by atoms with Crippen LogP contribution in [-0.4, -0.2) is 22.1 Å². The van der Waals surface area contributed by atoms with E-state index in [1.807, 2.05) is 20.8 Å². The van der Waals surface area contributed by atoms with Crippen molar-refractivity contribution in [3.8, 4) is 0 Å². The Hall–Kier alpha value is -1.52. The molecule has 1 aromatic heterocycles. The number of carbonyl (C=O) groups is 1. The van der Waals surface area contributed by atoms with E-state index in [2.05, 4.69) is 15.5 Å². The van der Waals surface area contributed by atoms with Crippen molar-refractivity contribution in [2.24, 2.45) is 5.92 Å². The molecule has 0 aromatic carbocycles. The molecular formula is C13H22N4O. The summed E-state index contributed by atoms with van der Waals surface area (Å²) in [5, 5.41) is 9.87. The van der Waals surface area contributed by atoms with Crippen LogP contribution in [0.4, 0.5) is 5.69 Å². The number of anilines is 1. The lowest BCUT2D eigenvalue weighted by molar-refractivity contribution is 0.0905. The number of nitrogens with one attached hydrogen (secondary N) is 2. The highest BCUT2D eigenvalue weighted by Gasteiger charge is 2.27. The largest absolute Gasteiger partial charge is 0.395 e. The second-order valence-electron chi connectivity index (χ2n) is 5.51. The average molecular weight is 250 g/mol. The van der Waals surface area contributed by atoms with E-state index in [0.29, 0.717) is 17.3 Å². The van der Waals surface area contributed by atoms with Gasteiger partial charge in [-0.3, -0.25) is 9.89 Å². The summed E-state index contributed by atoms with van der Waals surface area (Å²) in [7, 11) is 0. The number of aromatic nitrogens is 2. The van der Waals surface area contributed by atoms with Crippen LogP contribution in [0.25, 0.3) is 0 Å². The molecule has 0 aliphatic heterocycles. The van der Waals surface area contributed by atoms with Crippen LogP contribution in [0.3, 0.4) is 0 Å². The normalized spacial score (nSPS) is 17.6. The van der Waals surface area contributed by atoms with Crippen molar-refractivity contribution in [3.63, 3.8) is 0 Å².